The molecule has 0 saturated heterocycles. The fourth-order valence-electron chi connectivity index (χ4n) is 6.97. The largest absolute Gasteiger partial charge is 0.371 e. The number of hydrogen-bond acceptors (Lipinski definition) is 2. The maximum Gasteiger partial charge on any atom is 0.0452 e. The molecule has 0 fully saturated rings. The second-order valence-electron chi connectivity index (χ2n) is 13.4. The lowest BCUT2D eigenvalue weighted by Gasteiger charge is -2.30. The van der Waals surface area contributed by atoms with E-state index in [0.29, 0.717) is 0 Å². The van der Waals surface area contributed by atoms with Gasteiger partial charge >= 0.3 is 0 Å². The molecule has 0 aliphatic carbocycles. The van der Waals surface area contributed by atoms with Crippen molar-refractivity contribution < 1.29 is 0 Å². The lowest BCUT2D eigenvalue weighted by Crippen LogP contribution is -2.27. The van der Waals surface area contributed by atoms with Gasteiger partial charge < -0.3 is 9.80 Å². The van der Waals surface area contributed by atoms with E-state index in [4.69, 9.17) is 0 Å². The average Bonchev–Trinajstić information content (AvgIpc) is 3.05. The quantitative estimate of drug-likeness (QED) is 0.0668. The van der Waals surface area contributed by atoms with Gasteiger partial charge in [-0.15, -0.1) is 0 Å². The first-order valence-electron chi connectivity index (χ1n) is 19.2. The van der Waals surface area contributed by atoms with E-state index >= 15 is 0 Å². The molecule has 0 unspecified atom stereocenters. The molecule has 2 nitrogen and oxygen atoms in total. The molecule has 3 aromatic carbocycles. The molecule has 3 rings (SSSR count). The number of nitrogens with zero attached hydrogens (tertiary/aromatic N) is 2. The molecule has 0 spiro atoms. The minimum atomic E-state index is 1.17. The molecule has 0 radical (unpaired) electrons. The van der Waals surface area contributed by atoms with E-state index in [2.05, 4.69) is 86.0 Å². The van der Waals surface area contributed by atoms with Gasteiger partial charge in [0.1, 0.15) is 0 Å². The second kappa shape index (κ2) is 22.3. The highest BCUT2D eigenvalue weighted by molar-refractivity contribution is 6.18. The summed E-state index contributed by atoms with van der Waals surface area (Å²) in [6, 6.07) is 19.0. The van der Waals surface area contributed by atoms with Crippen LogP contribution in [-0.2, 0) is 0 Å². The first-order chi connectivity index (χ1) is 21.7. The molecule has 0 bridgehead atoms. The zero-order chi connectivity index (χ0) is 31.2. The van der Waals surface area contributed by atoms with E-state index in [0.717, 1.165) is 0 Å². The molecular formula is C42H68N2. The van der Waals surface area contributed by atoms with Gasteiger partial charge in [-0.1, -0.05) is 167 Å². The van der Waals surface area contributed by atoms with Crippen molar-refractivity contribution in [2.45, 2.75) is 156 Å². The van der Waals surface area contributed by atoms with Crippen molar-refractivity contribution in [2.24, 2.45) is 0 Å². The van der Waals surface area contributed by atoms with Gasteiger partial charge in [0.2, 0.25) is 0 Å². The Kier molecular flexibility index (Phi) is 18.4. The summed E-state index contributed by atoms with van der Waals surface area (Å²) in [5, 5.41) is 5.78. The van der Waals surface area contributed by atoms with Crippen LogP contribution in [0.4, 0.5) is 11.4 Å². The van der Waals surface area contributed by atoms with Crippen LogP contribution in [0.25, 0.3) is 21.5 Å². The lowest BCUT2D eigenvalue weighted by molar-refractivity contribution is 0.589. The van der Waals surface area contributed by atoms with Crippen LogP contribution < -0.4 is 9.80 Å². The van der Waals surface area contributed by atoms with Crippen LogP contribution >= 0.6 is 0 Å². The molecule has 0 aromatic heterocycles. The van der Waals surface area contributed by atoms with Crippen molar-refractivity contribution >= 4 is 32.9 Å². The van der Waals surface area contributed by atoms with Crippen molar-refractivity contribution in [3.8, 4) is 0 Å². The summed E-state index contributed by atoms with van der Waals surface area (Å²) in [5.74, 6) is 0. The molecule has 0 heterocycles. The molecule has 2 heteroatoms. The van der Waals surface area contributed by atoms with Gasteiger partial charge in [0.15, 0.2) is 0 Å². The Morgan fingerprint density at radius 2 is 0.636 bits per heavy atom. The molecule has 3 aromatic rings. The standard InChI is InChI=1S/C42H68N2/c1-5-9-13-17-21-33-43(34-22-18-14-10-6-2)39-29-25-27-37-31-32-38-28-26-30-40(42(38)41(37)39)44(35-23-19-15-11-7-3)36-24-20-16-12-8-4/h25-32H,5-24,33-36H2,1-4H3. The van der Waals surface area contributed by atoms with Crippen molar-refractivity contribution in [1.29, 1.82) is 0 Å². The smallest absolute Gasteiger partial charge is 0.0452 e. The summed E-state index contributed by atoms with van der Waals surface area (Å²) in [5.41, 5.74) is 2.94. The van der Waals surface area contributed by atoms with Crippen LogP contribution in [0.1, 0.15) is 156 Å². The SMILES string of the molecule is CCCCCCCN(CCCCCCC)c1cccc2ccc3cccc(N(CCCCCCC)CCCCCCC)c3c12. The number of rotatable bonds is 26. The summed E-state index contributed by atoms with van der Waals surface area (Å²) in [7, 11) is 0. The number of anilines is 2. The topological polar surface area (TPSA) is 6.48 Å². The number of hydrogen-bond donors (Lipinski definition) is 0. The van der Waals surface area contributed by atoms with E-state index in [9.17, 15) is 0 Å². The minimum Gasteiger partial charge on any atom is -0.371 e. The Labute approximate surface area is 273 Å². The summed E-state index contributed by atoms with van der Waals surface area (Å²) in [4.78, 5) is 5.55. The highest BCUT2D eigenvalue weighted by atomic mass is 15.1. The van der Waals surface area contributed by atoms with Crippen LogP contribution in [0.5, 0.6) is 0 Å². The maximum absolute atomic E-state index is 2.77. The third kappa shape index (κ3) is 11.9. The Bertz CT molecular complexity index is 1030. The van der Waals surface area contributed by atoms with Crippen molar-refractivity contribution in [3.63, 3.8) is 0 Å². The monoisotopic (exact) mass is 601 g/mol. The zero-order valence-corrected chi connectivity index (χ0v) is 29.5. The van der Waals surface area contributed by atoms with Crippen LogP contribution in [-0.4, -0.2) is 26.2 Å². The molecule has 0 amide bonds. The molecular weight excluding hydrogens is 532 g/mol. The first kappa shape index (κ1) is 36.3. The van der Waals surface area contributed by atoms with Crippen LogP contribution in [0, 0.1) is 0 Å². The Morgan fingerprint density at radius 1 is 0.341 bits per heavy atom. The molecule has 0 saturated carbocycles. The molecule has 0 N–H and O–H groups in total. The van der Waals surface area contributed by atoms with Crippen LogP contribution in [0.15, 0.2) is 48.5 Å². The van der Waals surface area contributed by atoms with Gasteiger partial charge in [-0.3, -0.25) is 0 Å². The number of unbranched alkanes of at least 4 members (excludes halogenated alkanes) is 16. The molecule has 44 heavy (non-hydrogen) atoms. The summed E-state index contributed by atoms with van der Waals surface area (Å²) in [6.07, 6.45) is 26.8. The van der Waals surface area contributed by atoms with Crippen molar-refractivity contribution in [1.82, 2.24) is 0 Å². The average molecular weight is 601 g/mol. The van der Waals surface area contributed by atoms with Crippen LogP contribution in [0.3, 0.4) is 0 Å². The summed E-state index contributed by atoms with van der Waals surface area (Å²) < 4.78 is 0. The molecule has 246 valence electrons. The maximum atomic E-state index is 2.77. The van der Waals surface area contributed by atoms with Crippen molar-refractivity contribution in [3.05, 3.63) is 48.5 Å². The molecule has 0 atom stereocenters. The number of fused-ring (bicyclic) bond motifs is 3. The highest BCUT2D eigenvalue weighted by Gasteiger charge is 2.17. The third-order valence-corrected chi connectivity index (χ3v) is 9.65. The van der Waals surface area contributed by atoms with E-state index in [1.54, 1.807) is 0 Å². The fourth-order valence-corrected chi connectivity index (χ4v) is 6.97. The summed E-state index contributed by atoms with van der Waals surface area (Å²) in [6.45, 7) is 14.0. The van der Waals surface area contributed by atoms with E-state index in [1.807, 2.05) is 0 Å². The Morgan fingerprint density at radius 3 is 0.932 bits per heavy atom. The third-order valence-electron chi connectivity index (χ3n) is 9.65. The molecule has 0 aliphatic heterocycles. The van der Waals surface area contributed by atoms with Gasteiger partial charge in [0.25, 0.3) is 0 Å². The van der Waals surface area contributed by atoms with E-state index < -0.39 is 0 Å². The zero-order valence-electron chi connectivity index (χ0n) is 29.5. The summed E-state index contributed by atoms with van der Waals surface area (Å²) >= 11 is 0. The highest BCUT2D eigenvalue weighted by Crippen LogP contribution is 2.39. The lowest BCUT2D eigenvalue weighted by atomic mass is 9.97. The van der Waals surface area contributed by atoms with Gasteiger partial charge in [0.05, 0.1) is 0 Å². The fraction of sp³-hybridized carbons (Fsp3) is 0.667. The van der Waals surface area contributed by atoms with Crippen LogP contribution in [0.2, 0.25) is 0 Å². The predicted molar refractivity (Wildman–Crippen MR) is 201 cm³/mol. The van der Waals surface area contributed by atoms with Crippen molar-refractivity contribution in [2.75, 3.05) is 36.0 Å². The van der Waals surface area contributed by atoms with Gasteiger partial charge in [-0.05, 0) is 48.6 Å². The predicted octanol–water partition coefficient (Wildman–Crippen LogP) is 13.5. The van der Waals surface area contributed by atoms with Gasteiger partial charge in [-0.2, -0.15) is 0 Å². The second-order valence-corrected chi connectivity index (χ2v) is 13.4. The molecule has 0 aliphatic rings. The van der Waals surface area contributed by atoms with E-state index in [1.165, 1.54) is 188 Å². The van der Waals surface area contributed by atoms with Gasteiger partial charge in [-0.25, -0.2) is 0 Å². The first-order valence-corrected chi connectivity index (χ1v) is 19.2. The normalized spacial score (nSPS) is 11.5. The van der Waals surface area contributed by atoms with E-state index in [-0.39, 0.29) is 0 Å². The van der Waals surface area contributed by atoms with Gasteiger partial charge in [0, 0.05) is 48.3 Å². The Balaban J connectivity index is 1.99. The number of benzene rings is 3. The minimum absolute atomic E-state index is 1.17. The Hall–Kier alpha value is -2.22.